The van der Waals surface area contributed by atoms with Crippen molar-refractivity contribution in [2.75, 3.05) is 16.4 Å². The van der Waals surface area contributed by atoms with Crippen LogP contribution in [0.1, 0.15) is 5.56 Å². The smallest absolute Gasteiger partial charge is 0.383 e. The average Bonchev–Trinajstić information content (AvgIpc) is 3.39. The summed E-state index contributed by atoms with van der Waals surface area (Å²) in [6, 6.07) is 10.1. The number of hydrogen-bond acceptors (Lipinski definition) is 6. The zero-order chi connectivity index (χ0) is 26.2. The van der Waals surface area contributed by atoms with E-state index >= 15 is 0 Å². The number of anilines is 3. The number of carbonyl (C=O) groups excluding carboxylic acids is 1. The van der Waals surface area contributed by atoms with E-state index in [1.165, 1.54) is 41.7 Å². The van der Waals surface area contributed by atoms with Crippen LogP contribution in [0, 0.1) is 0 Å². The topological polar surface area (TPSA) is 133 Å². The van der Waals surface area contributed by atoms with Crippen LogP contribution in [0.4, 0.5) is 35.2 Å². The second kappa shape index (κ2) is 9.11. The first kappa shape index (κ1) is 23.5. The first-order valence-corrected chi connectivity index (χ1v) is 10.7. The van der Waals surface area contributed by atoms with Gasteiger partial charge in [0.25, 0.3) is 0 Å². The van der Waals surface area contributed by atoms with E-state index in [-0.39, 0.29) is 22.3 Å². The number of nitrogens with zero attached hydrogens (tertiary/aromatic N) is 5. The SMILES string of the molecule is Nc1ncnc2c1c(=O)ccn2-c1ccc(NC(=O)Nc2cc(C(F)(F)F)ccc2-n2ccnc2)cc1. The Morgan fingerprint density at radius 2 is 1.76 bits per heavy atom. The van der Waals surface area contributed by atoms with Gasteiger partial charge in [0.2, 0.25) is 0 Å². The molecule has 3 aromatic heterocycles. The van der Waals surface area contributed by atoms with Crippen molar-refractivity contribution in [3.05, 3.63) is 95.6 Å². The van der Waals surface area contributed by atoms with Crippen molar-refractivity contribution in [1.29, 1.82) is 0 Å². The Bertz CT molecular complexity index is 1660. The molecule has 0 saturated carbocycles. The summed E-state index contributed by atoms with van der Waals surface area (Å²) in [6.45, 7) is 0. The molecule has 0 aliphatic carbocycles. The van der Waals surface area contributed by atoms with Gasteiger partial charge in [0, 0.05) is 36.0 Å². The highest BCUT2D eigenvalue weighted by atomic mass is 19.4. The van der Waals surface area contributed by atoms with Crippen molar-refractivity contribution < 1.29 is 18.0 Å². The molecule has 3 heterocycles. The predicted molar refractivity (Wildman–Crippen MR) is 131 cm³/mol. The third-order valence-corrected chi connectivity index (χ3v) is 5.46. The number of hydrogen-bond donors (Lipinski definition) is 3. The number of aromatic nitrogens is 5. The number of imidazole rings is 1. The maximum Gasteiger partial charge on any atom is 0.416 e. The third kappa shape index (κ3) is 4.69. The molecule has 10 nitrogen and oxygen atoms in total. The van der Waals surface area contributed by atoms with Gasteiger partial charge in [-0.05, 0) is 42.5 Å². The average molecular weight is 506 g/mol. The van der Waals surface area contributed by atoms with E-state index < -0.39 is 17.8 Å². The maximum absolute atomic E-state index is 13.3. The highest BCUT2D eigenvalue weighted by Crippen LogP contribution is 2.33. The molecule has 4 N–H and O–H groups in total. The zero-order valence-corrected chi connectivity index (χ0v) is 18.8. The van der Waals surface area contributed by atoms with Gasteiger partial charge in [0.05, 0.1) is 23.3 Å². The van der Waals surface area contributed by atoms with Crippen molar-refractivity contribution in [3.8, 4) is 11.4 Å². The Hall–Kier alpha value is -5.20. The third-order valence-electron chi connectivity index (χ3n) is 5.46. The van der Waals surface area contributed by atoms with Crippen molar-refractivity contribution in [1.82, 2.24) is 24.1 Å². The minimum Gasteiger partial charge on any atom is -0.383 e. The summed E-state index contributed by atoms with van der Waals surface area (Å²) in [5, 5.41) is 5.25. The Labute approximate surface area is 206 Å². The standard InChI is InChI=1S/C24H17F3N8O2/c25-24(26,27)14-1-6-18(34-10-8-29-13-34)17(11-14)33-23(37)32-15-2-4-16(5-3-15)35-9-7-19(36)20-21(28)30-12-31-22(20)35/h1-13H,(H2,28,30,31)(H2,32,33,37). The summed E-state index contributed by atoms with van der Waals surface area (Å²) in [4.78, 5) is 36.8. The van der Waals surface area contributed by atoms with Gasteiger partial charge < -0.3 is 25.5 Å². The first-order valence-electron chi connectivity index (χ1n) is 10.7. The van der Waals surface area contributed by atoms with Crippen molar-refractivity contribution >= 4 is 34.3 Å². The number of amides is 2. The molecule has 0 aliphatic rings. The van der Waals surface area contributed by atoms with Gasteiger partial charge >= 0.3 is 12.2 Å². The molecule has 5 aromatic rings. The van der Waals surface area contributed by atoms with Gasteiger partial charge in [-0.1, -0.05) is 0 Å². The summed E-state index contributed by atoms with van der Waals surface area (Å²) < 4.78 is 42.9. The number of pyridine rings is 1. The number of nitrogens with two attached hydrogens (primary N) is 1. The number of nitrogens with one attached hydrogen (secondary N) is 2. The Morgan fingerprint density at radius 3 is 2.46 bits per heavy atom. The molecular formula is C24H17F3N8O2. The van der Waals surface area contributed by atoms with Crippen LogP contribution in [-0.4, -0.2) is 30.1 Å². The highest BCUT2D eigenvalue weighted by Gasteiger charge is 2.31. The predicted octanol–water partition coefficient (Wildman–Crippen LogP) is 4.21. The maximum atomic E-state index is 13.3. The number of benzene rings is 2. The fraction of sp³-hybridized carbons (Fsp3) is 0.0417. The molecule has 0 bridgehead atoms. The van der Waals surface area contributed by atoms with Gasteiger partial charge in [-0.3, -0.25) is 4.79 Å². The number of alkyl halides is 3. The minimum absolute atomic E-state index is 0.0565. The lowest BCUT2D eigenvalue weighted by molar-refractivity contribution is -0.137. The monoisotopic (exact) mass is 506 g/mol. The van der Waals surface area contributed by atoms with E-state index in [4.69, 9.17) is 5.73 Å². The lowest BCUT2D eigenvalue weighted by Crippen LogP contribution is -2.21. The number of nitrogen functional groups attached to an aromatic ring is 1. The van der Waals surface area contributed by atoms with Crippen LogP contribution in [0.2, 0.25) is 0 Å². The van der Waals surface area contributed by atoms with Crippen LogP contribution in [0.25, 0.3) is 22.4 Å². The summed E-state index contributed by atoms with van der Waals surface area (Å²) in [5.41, 5.74) is 6.17. The van der Waals surface area contributed by atoms with Gasteiger partial charge in [0.1, 0.15) is 17.5 Å². The van der Waals surface area contributed by atoms with E-state index in [9.17, 15) is 22.8 Å². The highest BCUT2D eigenvalue weighted by molar-refractivity contribution is 6.01. The Morgan fingerprint density at radius 1 is 0.973 bits per heavy atom. The molecule has 37 heavy (non-hydrogen) atoms. The molecule has 2 amide bonds. The molecule has 0 fully saturated rings. The van der Waals surface area contributed by atoms with E-state index in [0.717, 1.165) is 12.1 Å². The van der Waals surface area contributed by atoms with Crippen LogP contribution in [0.3, 0.4) is 0 Å². The quantitative estimate of drug-likeness (QED) is 0.335. The fourth-order valence-electron chi connectivity index (χ4n) is 3.74. The molecule has 2 aromatic carbocycles. The summed E-state index contributed by atoms with van der Waals surface area (Å²) in [6.07, 6.45) is 2.62. The molecule has 186 valence electrons. The van der Waals surface area contributed by atoms with Crippen molar-refractivity contribution in [2.45, 2.75) is 6.18 Å². The van der Waals surface area contributed by atoms with Gasteiger partial charge in [-0.2, -0.15) is 13.2 Å². The van der Waals surface area contributed by atoms with Crippen molar-refractivity contribution in [2.24, 2.45) is 0 Å². The molecule has 5 rings (SSSR count). The van der Waals surface area contributed by atoms with Gasteiger partial charge in [-0.15, -0.1) is 0 Å². The number of halogens is 3. The molecule has 0 atom stereocenters. The lowest BCUT2D eigenvalue weighted by Gasteiger charge is -2.16. The Balaban J connectivity index is 1.39. The van der Waals surface area contributed by atoms with Gasteiger partial charge in [0.15, 0.2) is 11.1 Å². The lowest BCUT2D eigenvalue weighted by atomic mass is 10.1. The molecule has 13 heteroatoms. The van der Waals surface area contributed by atoms with Crippen molar-refractivity contribution in [3.63, 3.8) is 0 Å². The Kier molecular flexibility index (Phi) is 5.79. The van der Waals surface area contributed by atoms with E-state index in [2.05, 4.69) is 25.6 Å². The molecule has 0 radical (unpaired) electrons. The fourth-order valence-corrected chi connectivity index (χ4v) is 3.74. The van der Waals surface area contributed by atoms with Crippen LogP contribution >= 0.6 is 0 Å². The van der Waals surface area contributed by atoms with E-state index in [1.807, 2.05) is 0 Å². The molecular weight excluding hydrogens is 489 g/mol. The van der Waals surface area contributed by atoms with Crippen LogP contribution in [-0.2, 0) is 6.18 Å². The molecule has 0 unspecified atom stereocenters. The second-order valence-corrected chi connectivity index (χ2v) is 7.83. The second-order valence-electron chi connectivity index (χ2n) is 7.83. The molecule has 0 aliphatic heterocycles. The van der Waals surface area contributed by atoms with Crippen LogP contribution in [0.5, 0.6) is 0 Å². The van der Waals surface area contributed by atoms with Crippen LogP contribution in [0.15, 0.2) is 84.6 Å². The number of rotatable bonds is 4. The summed E-state index contributed by atoms with van der Waals surface area (Å²) in [5.74, 6) is 0.0592. The first-order chi connectivity index (χ1) is 17.7. The number of urea groups is 1. The number of carbonyl (C=O) groups is 1. The normalized spacial score (nSPS) is 11.4. The molecule has 0 saturated heterocycles. The largest absolute Gasteiger partial charge is 0.416 e. The van der Waals surface area contributed by atoms with Gasteiger partial charge in [-0.25, -0.2) is 19.7 Å². The van der Waals surface area contributed by atoms with E-state index in [1.54, 1.807) is 35.0 Å². The summed E-state index contributed by atoms with van der Waals surface area (Å²) in [7, 11) is 0. The summed E-state index contributed by atoms with van der Waals surface area (Å²) >= 11 is 0. The molecule has 0 spiro atoms. The minimum atomic E-state index is -4.59. The van der Waals surface area contributed by atoms with Crippen LogP contribution < -0.4 is 21.8 Å². The number of fused-ring (bicyclic) bond motifs is 1. The zero-order valence-electron chi connectivity index (χ0n) is 18.8. The van der Waals surface area contributed by atoms with E-state index in [0.29, 0.717) is 22.7 Å².